The van der Waals surface area contributed by atoms with Gasteiger partial charge in [0.2, 0.25) is 5.91 Å². The number of fused-ring (bicyclic) bond motifs is 1. The number of nitrogens with one attached hydrogen (secondary N) is 1. The van der Waals surface area contributed by atoms with Crippen LogP contribution in [-0.4, -0.2) is 32.4 Å². The first-order valence-corrected chi connectivity index (χ1v) is 8.06. The molecule has 22 heavy (non-hydrogen) atoms. The molecule has 0 aliphatic carbocycles. The minimum absolute atomic E-state index is 0.0682. The van der Waals surface area contributed by atoms with Gasteiger partial charge in [0.05, 0.1) is 11.2 Å². The van der Waals surface area contributed by atoms with E-state index in [0.717, 1.165) is 29.6 Å². The Balaban J connectivity index is 1.45. The molecule has 0 saturated heterocycles. The van der Waals surface area contributed by atoms with Crippen molar-refractivity contribution in [3.63, 3.8) is 0 Å². The Morgan fingerprint density at radius 2 is 2.00 bits per heavy atom. The average molecular weight is 315 g/mol. The normalized spacial score (nSPS) is 11.0. The van der Waals surface area contributed by atoms with E-state index < -0.39 is 0 Å². The summed E-state index contributed by atoms with van der Waals surface area (Å²) in [5.41, 5.74) is 4.55. The van der Waals surface area contributed by atoms with E-state index in [-0.39, 0.29) is 12.5 Å². The highest BCUT2D eigenvalue weighted by Crippen LogP contribution is 2.13. The SMILES string of the molecule is Cc1ncsc1CCCNC(=O)Cn1nc2ccccc2n1. The van der Waals surface area contributed by atoms with Gasteiger partial charge in [0, 0.05) is 11.4 Å². The van der Waals surface area contributed by atoms with Crippen molar-refractivity contribution in [2.24, 2.45) is 0 Å². The number of benzene rings is 1. The third-order valence-electron chi connectivity index (χ3n) is 3.36. The Kier molecular flexibility index (Phi) is 4.43. The van der Waals surface area contributed by atoms with Crippen LogP contribution in [0.15, 0.2) is 29.8 Å². The van der Waals surface area contributed by atoms with Gasteiger partial charge < -0.3 is 5.32 Å². The predicted molar refractivity (Wildman–Crippen MR) is 85.7 cm³/mol. The van der Waals surface area contributed by atoms with E-state index in [1.54, 1.807) is 11.3 Å². The van der Waals surface area contributed by atoms with E-state index in [0.29, 0.717) is 6.54 Å². The van der Waals surface area contributed by atoms with E-state index in [1.165, 1.54) is 9.67 Å². The highest BCUT2D eigenvalue weighted by Gasteiger charge is 2.07. The third-order valence-corrected chi connectivity index (χ3v) is 4.36. The van der Waals surface area contributed by atoms with Gasteiger partial charge in [-0.3, -0.25) is 4.79 Å². The van der Waals surface area contributed by atoms with Gasteiger partial charge in [-0.1, -0.05) is 12.1 Å². The van der Waals surface area contributed by atoms with Gasteiger partial charge >= 0.3 is 0 Å². The largest absolute Gasteiger partial charge is 0.354 e. The minimum Gasteiger partial charge on any atom is -0.354 e. The molecule has 1 amide bonds. The zero-order valence-corrected chi connectivity index (χ0v) is 13.1. The molecule has 0 radical (unpaired) electrons. The van der Waals surface area contributed by atoms with Gasteiger partial charge in [0.15, 0.2) is 0 Å². The summed E-state index contributed by atoms with van der Waals surface area (Å²) in [4.78, 5) is 18.8. The summed E-state index contributed by atoms with van der Waals surface area (Å²) in [5, 5.41) is 11.4. The fourth-order valence-electron chi connectivity index (χ4n) is 2.20. The van der Waals surface area contributed by atoms with Crippen LogP contribution in [0.5, 0.6) is 0 Å². The second-order valence-electron chi connectivity index (χ2n) is 5.03. The number of carbonyl (C=O) groups is 1. The molecule has 2 aromatic heterocycles. The average Bonchev–Trinajstić information content (AvgIpc) is 3.09. The summed E-state index contributed by atoms with van der Waals surface area (Å²) in [6.45, 7) is 2.81. The number of amides is 1. The molecule has 1 N–H and O–H groups in total. The van der Waals surface area contributed by atoms with E-state index >= 15 is 0 Å². The lowest BCUT2D eigenvalue weighted by molar-refractivity contribution is -0.122. The second-order valence-corrected chi connectivity index (χ2v) is 5.97. The van der Waals surface area contributed by atoms with Gasteiger partial charge in [0.1, 0.15) is 17.6 Å². The van der Waals surface area contributed by atoms with Gasteiger partial charge in [0.25, 0.3) is 0 Å². The molecule has 6 nitrogen and oxygen atoms in total. The van der Waals surface area contributed by atoms with Crippen LogP contribution in [0, 0.1) is 6.92 Å². The van der Waals surface area contributed by atoms with Crippen LogP contribution < -0.4 is 5.32 Å². The highest BCUT2D eigenvalue weighted by atomic mass is 32.1. The van der Waals surface area contributed by atoms with Gasteiger partial charge in [-0.05, 0) is 31.9 Å². The summed E-state index contributed by atoms with van der Waals surface area (Å²) in [6.07, 6.45) is 1.85. The molecule has 0 unspecified atom stereocenters. The molecule has 3 aromatic rings. The lowest BCUT2D eigenvalue weighted by Crippen LogP contribution is -2.29. The van der Waals surface area contributed by atoms with Crippen LogP contribution in [0.2, 0.25) is 0 Å². The number of thiazole rings is 1. The Hall–Kier alpha value is -2.28. The zero-order valence-electron chi connectivity index (χ0n) is 12.3. The first kappa shape index (κ1) is 14.6. The maximum atomic E-state index is 11.9. The lowest BCUT2D eigenvalue weighted by atomic mass is 10.2. The molecular formula is C15H17N5OS. The van der Waals surface area contributed by atoms with Crippen molar-refractivity contribution in [2.75, 3.05) is 6.54 Å². The van der Waals surface area contributed by atoms with Gasteiger partial charge in [-0.15, -0.1) is 11.3 Å². The molecule has 0 aliphatic rings. The molecule has 0 saturated carbocycles. The fourth-order valence-corrected chi connectivity index (χ4v) is 3.03. The first-order chi connectivity index (χ1) is 10.7. The van der Waals surface area contributed by atoms with Crippen LogP contribution in [0.1, 0.15) is 17.0 Å². The molecule has 0 aliphatic heterocycles. The third kappa shape index (κ3) is 3.48. The van der Waals surface area contributed by atoms with E-state index in [4.69, 9.17) is 0 Å². The Labute approximate surface area is 132 Å². The van der Waals surface area contributed by atoms with Crippen molar-refractivity contribution < 1.29 is 4.79 Å². The molecule has 1 aromatic carbocycles. The molecule has 3 rings (SSSR count). The van der Waals surface area contributed by atoms with Crippen molar-refractivity contribution in [2.45, 2.75) is 26.3 Å². The lowest BCUT2D eigenvalue weighted by Gasteiger charge is -2.04. The first-order valence-electron chi connectivity index (χ1n) is 7.18. The van der Waals surface area contributed by atoms with Crippen molar-refractivity contribution in [3.05, 3.63) is 40.3 Å². The molecule has 0 atom stereocenters. The summed E-state index contributed by atoms with van der Waals surface area (Å²) >= 11 is 1.67. The topological polar surface area (TPSA) is 72.7 Å². The molecular weight excluding hydrogens is 298 g/mol. The van der Waals surface area contributed by atoms with Crippen molar-refractivity contribution in [1.82, 2.24) is 25.3 Å². The monoisotopic (exact) mass is 315 g/mol. The molecule has 0 fully saturated rings. The Morgan fingerprint density at radius 3 is 2.64 bits per heavy atom. The van der Waals surface area contributed by atoms with Gasteiger partial charge in [-0.2, -0.15) is 15.0 Å². The number of nitrogens with zero attached hydrogens (tertiary/aromatic N) is 4. The van der Waals surface area contributed by atoms with Crippen LogP contribution >= 0.6 is 11.3 Å². The zero-order chi connectivity index (χ0) is 15.4. The molecule has 0 spiro atoms. The number of aryl methyl sites for hydroxylation is 2. The molecule has 2 heterocycles. The highest BCUT2D eigenvalue weighted by molar-refractivity contribution is 7.09. The maximum absolute atomic E-state index is 11.9. The number of rotatable bonds is 6. The quantitative estimate of drug-likeness (QED) is 0.706. The number of carbonyl (C=O) groups excluding carboxylic acids is 1. The number of aromatic nitrogens is 4. The van der Waals surface area contributed by atoms with Crippen LogP contribution in [-0.2, 0) is 17.8 Å². The van der Waals surface area contributed by atoms with Crippen LogP contribution in [0.25, 0.3) is 11.0 Å². The summed E-state index contributed by atoms with van der Waals surface area (Å²) < 4.78 is 0. The number of hydrogen-bond acceptors (Lipinski definition) is 5. The Morgan fingerprint density at radius 1 is 1.27 bits per heavy atom. The molecule has 7 heteroatoms. The van der Waals surface area contributed by atoms with Crippen molar-refractivity contribution >= 4 is 28.3 Å². The standard InChI is InChI=1S/C15H17N5OS/c1-11-14(22-10-17-11)7-4-8-16-15(21)9-20-18-12-5-2-3-6-13(12)19-20/h2-3,5-6,10H,4,7-9H2,1H3,(H,16,21). The van der Waals surface area contributed by atoms with E-state index in [2.05, 4.69) is 20.5 Å². The minimum atomic E-state index is -0.0682. The van der Waals surface area contributed by atoms with E-state index in [1.807, 2.05) is 36.7 Å². The predicted octanol–water partition coefficient (Wildman–Crippen LogP) is 1.95. The van der Waals surface area contributed by atoms with Crippen molar-refractivity contribution in [1.29, 1.82) is 0 Å². The smallest absolute Gasteiger partial charge is 0.243 e. The van der Waals surface area contributed by atoms with Gasteiger partial charge in [-0.25, -0.2) is 4.98 Å². The second kappa shape index (κ2) is 6.65. The summed E-state index contributed by atoms with van der Waals surface area (Å²) in [7, 11) is 0. The fraction of sp³-hybridized carbons (Fsp3) is 0.333. The number of hydrogen-bond donors (Lipinski definition) is 1. The van der Waals surface area contributed by atoms with E-state index in [9.17, 15) is 4.79 Å². The molecule has 114 valence electrons. The van der Waals surface area contributed by atoms with Crippen LogP contribution in [0.3, 0.4) is 0 Å². The summed E-state index contributed by atoms with van der Waals surface area (Å²) in [5.74, 6) is -0.0682. The summed E-state index contributed by atoms with van der Waals surface area (Å²) in [6, 6.07) is 7.58. The Bertz CT molecular complexity index is 746. The maximum Gasteiger partial charge on any atom is 0.243 e. The van der Waals surface area contributed by atoms with Crippen LogP contribution in [0.4, 0.5) is 0 Å². The van der Waals surface area contributed by atoms with Crippen molar-refractivity contribution in [3.8, 4) is 0 Å². The molecule has 0 bridgehead atoms.